The third kappa shape index (κ3) is 9.60. The van der Waals surface area contributed by atoms with Crippen molar-refractivity contribution in [3.05, 3.63) is 0 Å². The van der Waals surface area contributed by atoms with E-state index in [1.807, 2.05) is 0 Å². The maximum Gasteiger partial charge on any atom is 0.328 e. The zero-order valence-corrected chi connectivity index (χ0v) is 21.5. The van der Waals surface area contributed by atoms with Gasteiger partial charge in [-0.1, -0.05) is 42.4 Å². The van der Waals surface area contributed by atoms with Crippen molar-refractivity contribution in [3.63, 3.8) is 0 Å². The molecule has 0 saturated heterocycles. The smallest absolute Gasteiger partial charge is 0.328 e. The van der Waals surface area contributed by atoms with Gasteiger partial charge in [0.2, 0.25) is 5.41 Å². The Hall–Kier alpha value is -0.263. The van der Waals surface area contributed by atoms with E-state index < -0.39 is 25.7 Å². The molecule has 172 valence electrons. The summed E-state index contributed by atoms with van der Waals surface area (Å²) in [5.41, 5.74) is -1.65. The zero-order valence-electron chi connectivity index (χ0n) is 18.9. The first kappa shape index (κ1) is 28.7. The average molecular weight is 471 g/mol. The molecule has 29 heavy (non-hydrogen) atoms. The number of aliphatic hydroxyl groups excluding tert-OH is 1. The van der Waals surface area contributed by atoms with Gasteiger partial charge in [-0.15, -0.1) is 0 Å². The second-order valence-electron chi connectivity index (χ2n) is 8.06. The minimum Gasteiger partial charge on any atom is -0.465 e. The van der Waals surface area contributed by atoms with E-state index in [0.717, 1.165) is 5.75 Å². The maximum atomic E-state index is 12.8. The predicted octanol–water partition coefficient (Wildman–Crippen LogP) is 3.86. The minimum atomic E-state index is -2.23. The van der Waals surface area contributed by atoms with E-state index in [9.17, 15) is 9.59 Å². The van der Waals surface area contributed by atoms with E-state index in [1.165, 1.54) is 10.8 Å². The number of hydrogen-bond donors (Lipinski definition) is 1. The van der Waals surface area contributed by atoms with Crippen LogP contribution in [-0.2, 0) is 28.2 Å². The molecule has 0 bridgehead atoms. The number of ether oxygens (including phenoxy) is 3. The molecule has 0 saturated carbocycles. The van der Waals surface area contributed by atoms with E-state index in [1.54, 1.807) is 24.6 Å². The SMILES string of the molecule is CCOC(=O)C(COCSSCCCO)(CO[Si](C)(C)C(C)(C)C)C(=O)OCC. The molecule has 0 atom stereocenters. The molecule has 0 rings (SSSR count). The van der Waals surface area contributed by atoms with Crippen LogP contribution < -0.4 is 0 Å². The molecule has 0 aromatic rings. The van der Waals surface area contributed by atoms with Crippen molar-refractivity contribution in [1.82, 2.24) is 0 Å². The molecule has 0 unspecified atom stereocenters. The topological polar surface area (TPSA) is 91.3 Å². The monoisotopic (exact) mass is 470 g/mol. The van der Waals surface area contributed by atoms with Crippen LogP contribution in [0.5, 0.6) is 0 Å². The fourth-order valence-electron chi connectivity index (χ4n) is 1.89. The zero-order chi connectivity index (χ0) is 22.6. The summed E-state index contributed by atoms with van der Waals surface area (Å²) in [4.78, 5) is 25.7. The van der Waals surface area contributed by atoms with Crippen molar-refractivity contribution in [2.45, 2.75) is 59.2 Å². The van der Waals surface area contributed by atoms with Crippen LogP contribution in [0, 0.1) is 5.41 Å². The fourth-order valence-corrected chi connectivity index (χ4v) is 4.63. The summed E-state index contributed by atoms with van der Waals surface area (Å²) >= 11 is 0. The van der Waals surface area contributed by atoms with E-state index >= 15 is 0 Å². The highest BCUT2D eigenvalue weighted by Gasteiger charge is 2.52. The second-order valence-corrected chi connectivity index (χ2v) is 15.4. The molecule has 0 spiro atoms. The molecule has 0 aromatic heterocycles. The molecule has 0 fully saturated rings. The van der Waals surface area contributed by atoms with Gasteiger partial charge >= 0.3 is 11.9 Å². The van der Waals surface area contributed by atoms with Crippen LogP contribution in [0.15, 0.2) is 0 Å². The number of hydrogen-bond acceptors (Lipinski definition) is 9. The molecule has 10 heteroatoms. The molecular weight excluding hydrogens is 432 g/mol. The van der Waals surface area contributed by atoms with Crippen molar-refractivity contribution in [3.8, 4) is 0 Å². The minimum absolute atomic E-state index is 0.0812. The summed E-state index contributed by atoms with van der Waals surface area (Å²) in [5.74, 6) is -0.290. The highest BCUT2D eigenvalue weighted by molar-refractivity contribution is 8.76. The van der Waals surface area contributed by atoms with Crippen molar-refractivity contribution in [1.29, 1.82) is 0 Å². The van der Waals surface area contributed by atoms with Gasteiger partial charge in [-0.05, 0) is 38.4 Å². The first-order chi connectivity index (χ1) is 13.5. The molecule has 0 radical (unpaired) electrons. The molecule has 0 aliphatic rings. The Balaban J connectivity index is 5.38. The summed E-state index contributed by atoms with van der Waals surface area (Å²) < 4.78 is 22.3. The Kier molecular flexibility index (Phi) is 13.8. The fraction of sp³-hybridized carbons (Fsp3) is 0.895. The summed E-state index contributed by atoms with van der Waals surface area (Å²) in [6.07, 6.45) is 0.702. The number of esters is 2. The highest BCUT2D eigenvalue weighted by Crippen LogP contribution is 2.38. The van der Waals surface area contributed by atoms with Crippen LogP contribution in [0.1, 0.15) is 41.0 Å². The van der Waals surface area contributed by atoms with E-state index in [0.29, 0.717) is 6.42 Å². The number of aliphatic hydroxyl groups is 1. The van der Waals surface area contributed by atoms with Gasteiger partial charge in [-0.2, -0.15) is 0 Å². The Labute approximate surface area is 184 Å². The second kappa shape index (κ2) is 13.9. The van der Waals surface area contributed by atoms with E-state index in [4.69, 9.17) is 23.7 Å². The Morgan fingerprint density at radius 3 is 1.97 bits per heavy atom. The van der Waals surface area contributed by atoms with Crippen LogP contribution in [-0.4, -0.2) is 70.1 Å². The normalized spacial score (nSPS) is 12.7. The van der Waals surface area contributed by atoms with Crippen molar-refractivity contribution in [2.24, 2.45) is 5.41 Å². The summed E-state index contributed by atoms with van der Waals surface area (Å²) in [6.45, 7) is 13.9. The van der Waals surface area contributed by atoms with Gasteiger partial charge in [0.25, 0.3) is 0 Å². The third-order valence-corrected chi connectivity index (χ3v) is 11.4. The molecule has 1 N–H and O–H groups in total. The van der Waals surface area contributed by atoms with Gasteiger partial charge in [0.15, 0.2) is 8.32 Å². The largest absolute Gasteiger partial charge is 0.465 e. The van der Waals surface area contributed by atoms with Gasteiger partial charge in [0.05, 0.1) is 26.4 Å². The third-order valence-electron chi connectivity index (χ3n) is 4.77. The molecule has 0 aliphatic heterocycles. The van der Waals surface area contributed by atoms with Gasteiger partial charge in [-0.3, -0.25) is 9.59 Å². The Morgan fingerprint density at radius 1 is 0.966 bits per heavy atom. The number of carbonyl (C=O) groups is 2. The summed E-state index contributed by atoms with van der Waals surface area (Å²) in [7, 11) is 0.795. The van der Waals surface area contributed by atoms with Crippen LogP contribution >= 0.6 is 21.6 Å². The van der Waals surface area contributed by atoms with Crippen molar-refractivity contribution >= 4 is 41.8 Å². The quantitative estimate of drug-likeness (QED) is 0.0956. The first-order valence-corrected chi connectivity index (χ1v) is 15.3. The standard InChI is InChI=1S/C19H38O7S2Si/c1-8-24-16(21)19(17(22)25-9-2,13-23-15-28-27-12-10-11-20)14-26-29(6,7)18(3,4)5/h20H,8-15H2,1-7H3. The molecule has 0 aromatic carbocycles. The summed E-state index contributed by atoms with van der Waals surface area (Å²) in [5, 5.41) is 8.73. The van der Waals surface area contributed by atoms with Crippen molar-refractivity contribution in [2.75, 3.05) is 44.7 Å². The molecule has 7 nitrogen and oxygen atoms in total. The lowest BCUT2D eigenvalue weighted by Gasteiger charge is -2.39. The van der Waals surface area contributed by atoms with Crippen molar-refractivity contribution < 1.29 is 33.3 Å². The summed E-state index contributed by atoms with van der Waals surface area (Å²) in [6, 6.07) is 0. The Bertz CT molecular complexity index is 477. The first-order valence-electron chi connectivity index (χ1n) is 9.90. The predicted molar refractivity (Wildman–Crippen MR) is 121 cm³/mol. The Morgan fingerprint density at radius 2 is 1.52 bits per heavy atom. The molecular formula is C19H38O7S2Si. The molecule has 0 heterocycles. The lowest BCUT2D eigenvalue weighted by molar-refractivity contribution is -0.179. The number of carbonyl (C=O) groups excluding carboxylic acids is 2. The van der Waals surface area contributed by atoms with Gasteiger partial charge in [0.1, 0.15) is 5.94 Å². The van der Waals surface area contributed by atoms with Crippen LogP contribution in [0.4, 0.5) is 0 Å². The van der Waals surface area contributed by atoms with Crippen LogP contribution in [0.2, 0.25) is 18.1 Å². The van der Waals surface area contributed by atoms with Gasteiger partial charge in [0, 0.05) is 12.4 Å². The lowest BCUT2D eigenvalue weighted by atomic mass is 9.90. The van der Waals surface area contributed by atoms with E-state index in [-0.39, 0.29) is 44.0 Å². The van der Waals surface area contributed by atoms with Crippen LogP contribution in [0.3, 0.4) is 0 Å². The van der Waals surface area contributed by atoms with E-state index in [2.05, 4.69) is 33.9 Å². The highest BCUT2D eigenvalue weighted by atomic mass is 33.1. The molecule has 0 amide bonds. The van der Waals surface area contributed by atoms with Crippen LogP contribution in [0.25, 0.3) is 0 Å². The molecule has 0 aliphatic carbocycles. The van der Waals surface area contributed by atoms with Gasteiger partial charge in [-0.25, -0.2) is 0 Å². The lowest BCUT2D eigenvalue weighted by Crippen LogP contribution is -2.53. The maximum absolute atomic E-state index is 12.8. The average Bonchev–Trinajstić information content (AvgIpc) is 2.63. The number of rotatable bonds is 15. The van der Waals surface area contributed by atoms with Gasteiger partial charge < -0.3 is 23.7 Å².